The third kappa shape index (κ3) is 3.56. The minimum atomic E-state index is -4.50. The highest BCUT2D eigenvalue weighted by atomic mass is 32.2. The maximum Gasteiger partial charge on any atom is 0.405 e. The van der Waals surface area contributed by atoms with Crippen LogP contribution in [0.5, 0.6) is 0 Å². The Bertz CT molecular complexity index is 369. The molecular formula is C6H5F3N4S2. The van der Waals surface area contributed by atoms with Gasteiger partial charge in [0.25, 0.3) is 0 Å². The highest BCUT2D eigenvalue weighted by Crippen LogP contribution is 2.32. The third-order valence-corrected chi connectivity index (χ3v) is 3.33. The summed E-state index contributed by atoms with van der Waals surface area (Å²) in [5, 5.41) is 15.5. The van der Waals surface area contributed by atoms with Gasteiger partial charge >= 0.3 is 6.18 Å². The fourth-order valence-electron chi connectivity index (χ4n) is 0.638. The standard InChI is InChI=1S/C6H5F3N4S2/c7-6(8,9)3(1-10)2-14-5-13-12-4(11)15-5/h3H,2H2,(H2,11,12). The number of nitrogen functional groups attached to an aromatic ring is 1. The molecule has 0 aliphatic heterocycles. The number of nitrogens with zero attached hydrogens (tertiary/aromatic N) is 3. The van der Waals surface area contributed by atoms with Crippen molar-refractivity contribution in [3.63, 3.8) is 0 Å². The molecular weight excluding hydrogens is 249 g/mol. The van der Waals surface area contributed by atoms with Crippen molar-refractivity contribution >= 4 is 28.2 Å². The first-order chi connectivity index (χ1) is 6.93. The minimum Gasteiger partial charge on any atom is -0.374 e. The highest BCUT2D eigenvalue weighted by molar-refractivity contribution is 8.01. The molecule has 0 saturated carbocycles. The summed E-state index contributed by atoms with van der Waals surface area (Å²) in [7, 11) is 0. The first-order valence-electron chi connectivity index (χ1n) is 3.61. The summed E-state index contributed by atoms with van der Waals surface area (Å²) >= 11 is 1.82. The predicted molar refractivity (Wildman–Crippen MR) is 50.2 cm³/mol. The number of hydrogen-bond donors (Lipinski definition) is 1. The monoisotopic (exact) mass is 254 g/mol. The summed E-state index contributed by atoms with van der Waals surface area (Å²) < 4.78 is 36.7. The Morgan fingerprint density at radius 1 is 1.53 bits per heavy atom. The van der Waals surface area contributed by atoms with Gasteiger partial charge in [-0.15, -0.1) is 10.2 Å². The minimum absolute atomic E-state index is 0.193. The number of thioether (sulfide) groups is 1. The zero-order valence-corrected chi connectivity index (χ0v) is 8.79. The lowest BCUT2D eigenvalue weighted by Crippen LogP contribution is -2.23. The average Bonchev–Trinajstić information content (AvgIpc) is 2.50. The Morgan fingerprint density at radius 2 is 2.20 bits per heavy atom. The molecule has 0 spiro atoms. The number of rotatable bonds is 3. The zero-order chi connectivity index (χ0) is 11.5. The van der Waals surface area contributed by atoms with Gasteiger partial charge in [-0.25, -0.2) is 0 Å². The van der Waals surface area contributed by atoms with Crippen LogP contribution in [0.3, 0.4) is 0 Å². The first kappa shape index (κ1) is 12.1. The molecule has 15 heavy (non-hydrogen) atoms. The largest absolute Gasteiger partial charge is 0.405 e. The molecule has 82 valence electrons. The molecule has 2 N–H and O–H groups in total. The van der Waals surface area contributed by atoms with Crippen molar-refractivity contribution in [2.24, 2.45) is 5.92 Å². The van der Waals surface area contributed by atoms with Crippen molar-refractivity contribution in [3.05, 3.63) is 0 Å². The van der Waals surface area contributed by atoms with E-state index in [1.807, 2.05) is 0 Å². The lowest BCUT2D eigenvalue weighted by molar-refractivity contribution is -0.152. The number of alkyl halides is 3. The molecule has 1 aromatic rings. The molecule has 0 aromatic carbocycles. The summed E-state index contributed by atoms with van der Waals surface area (Å²) in [6.45, 7) is 0. The van der Waals surface area contributed by atoms with Crippen LogP contribution in [-0.4, -0.2) is 22.1 Å². The van der Waals surface area contributed by atoms with Crippen LogP contribution in [-0.2, 0) is 0 Å². The van der Waals surface area contributed by atoms with E-state index in [1.54, 1.807) is 0 Å². The van der Waals surface area contributed by atoms with E-state index in [9.17, 15) is 13.2 Å². The Morgan fingerprint density at radius 3 is 2.60 bits per heavy atom. The Balaban J connectivity index is 2.53. The van der Waals surface area contributed by atoms with E-state index in [0.29, 0.717) is 4.34 Å². The molecule has 0 saturated heterocycles. The smallest absolute Gasteiger partial charge is 0.374 e. The van der Waals surface area contributed by atoms with Crippen LogP contribution in [0.1, 0.15) is 0 Å². The molecule has 1 atom stereocenters. The normalized spacial score (nSPS) is 13.5. The van der Waals surface area contributed by atoms with E-state index in [4.69, 9.17) is 11.0 Å². The molecule has 1 aromatic heterocycles. The van der Waals surface area contributed by atoms with Gasteiger partial charge in [-0.3, -0.25) is 0 Å². The van der Waals surface area contributed by atoms with Crippen LogP contribution in [0.25, 0.3) is 0 Å². The summed E-state index contributed by atoms with van der Waals surface area (Å²) in [6.07, 6.45) is -4.50. The molecule has 0 fully saturated rings. The quantitative estimate of drug-likeness (QED) is 0.834. The number of aromatic nitrogens is 2. The second-order valence-electron chi connectivity index (χ2n) is 2.44. The number of nitrogens with two attached hydrogens (primary N) is 1. The Labute approximate surface area is 91.3 Å². The molecule has 0 amide bonds. The molecule has 0 bridgehead atoms. The average molecular weight is 254 g/mol. The molecule has 1 heterocycles. The zero-order valence-electron chi connectivity index (χ0n) is 7.15. The topological polar surface area (TPSA) is 75.6 Å². The molecule has 1 rings (SSSR count). The molecule has 9 heteroatoms. The summed E-state index contributed by atoms with van der Waals surface area (Å²) in [4.78, 5) is 0. The van der Waals surface area contributed by atoms with Crippen LogP contribution in [0.4, 0.5) is 18.3 Å². The maximum absolute atomic E-state index is 12.1. The Hall–Kier alpha value is -1.01. The molecule has 1 unspecified atom stereocenters. The van der Waals surface area contributed by atoms with Gasteiger partial charge in [-0.2, -0.15) is 18.4 Å². The van der Waals surface area contributed by atoms with Gasteiger partial charge in [0.15, 0.2) is 10.3 Å². The first-order valence-corrected chi connectivity index (χ1v) is 5.42. The van der Waals surface area contributed by atoms with E-state index in [1.165, 1.54) is 6.07 Å². The lowest BCUT2D eigenvalue weighted by Gasteiger charge is -2.10. The third-order valence-electron chi connectivity index (χ3n) is 1.35. The fourth-order valence-corrected chi connectivity index (χ4v) is 2.35. The summed E-state index contributed by atoms with van der Waals surface area (Å²) in [6, 6.07) is 1.20. The van der Waals surface area contributed by atoms with Gasteiger partial charge in [-0.05, 0) is 0 Å². The number of halogens is 3. The van der Waals surface area contributed by atoms with Gasteiger partial charge in [0.05, 0.1) is 6.07 Å². The van der Waals surface area contributed by atoms with Crippen LogP contribution in [0.2, 0.25) is 0 Å². The predicted octanol–water partition coefficient (Wildman–Crippen LogP) is 1.91. The van der Waals surface area contributed by atoms with E-state index in [-0.39, 0.29) is 5.13 Å². The maximum atomic E-state index is 12.1. The van der Waals surface area contributed by atoms with Crippen molar-refractivity contribution < 1.29 is 13.2 Å². The SMILES string of the molecule is N#CC(CSc1nnc(N)s1)C(F)(F)F. The van der Waals surface area contributed by atoms with Crippen molar-refractivity contribution in [2.45, 2.75) is 10.5 Å². The van der Waals surface area contributed by atoms with Crippen molar-refractivity contribution in [2.75, 3.05) is 11.5 Å². The van der Waals surface area contributed by atoms with Gasteiger partial charge in [0.1, 0.15) is 0 Å². The fraction of sp³-hybridized carbons (Fsp3) is 0.500. The molecule has 4 nitrogen and oxygen atoms in total. The second-order valence-corrected chi connectivity index (χ2v) is 4.72. The summed E-state index contributed by atoms with van der Waals surface area (Å²) in [5.41, 5.74) is 5.25. The van der Waals surface area contributed by atoms with Gasteiger partial charge in [0.2, 0.25) is 5.13 Å². The van der Waals surface area contributed by atoms with Crippen LogP contribution in [0.15, 0.2) is 4.34 Å². The van der Waals surface area contributed by atoms with Crippen LogP contribution in [0, 0.1) is 17.2 Å². The Kier molecular flexibility index (Phi) is 3.76. The molecule has 0 aliphatic rings. The summed E-state index contributed by atoms with van der Waals surface area (Å²) in [5.74, 6) is -2.39. The second kappa shape index (κ2) is 4.67. The van der Waals surface area contributed by atoms with E-state index in [0.717, 1.165) is 23.1 Å². The van der Waals surface area contributed by atoms with Gasteiger partial charge in [0, 0.05) is 5.75 Å². The molecule has 0 aliphatic carbocycles. The lowest BCUT2D eigenvalue weighted by atomic mass is 10.2. The number of nitriles is 1. The highest BCUT2D eigenvalue weighted by Gasteiger charge is 2.39. The van der Waals surface area contributed by atoms with Crippen LogP contribution < -0.4 is 5.73 Å². The number of hydrogen-bond acceptors (Lipinski definition) is 6. The van der Waals surface area contributed by atoms with Crippen molar-refractivity contribution in [3.8, 4) is 6.07 Å². The van der Waals surface area contributed by atoms with E-state index in [2.05, 4.69) is 10.2 Å². The van der Waals surface area contributed by atoms with E-state index >= 15 is 0 Å². The van der Waals surface area contributed by atoms with Gasteiger partial charge < -0.3 is 5.73 Å². The number of anilines is 1. The van der Waals surface area contributed by atoms with E-state index < -0.39 is 17.8 Å². The molecule has 0 radical (unpaired) electrons. The van der Waals surface area contributed by atoms with Crippen molar-refractivity contribution in [1.29, 1.82) is 5.26 Å². The van der Waals surface area contributed by atoms with Gasteiger partial charge in [-0.1, -0.05) is 23.1 Å². The van der Waals surface area contributed by atoms with Crippen molar-refractivity contribution in [1.82, 2.24) is 10.2 Å². The van der Waals surface area contributed by atoms with Crippen LogP contribution >= 0.6 is 23.1 Å².